The lowest BCUT2D eigenvalue weighted by molar-refractivity contribution is -0.130. The summed E-state index contributed by atoms with van der Waals surface area (Å²) in [4.78, 5) is 13.4. The normalized spacial score (nSPS) is 12.8. The highest BCUT2D eigenvalue weighted by molar-refractivity contribution is 5.83. The maximum atomic E-state index is 11.9. The van der Waals surface area contributed by atoms with Crippen molar-refractivity contribution >= 4 is 11.7 Å². The van der Waals surface area contributed by atoms with Crippen molar-refractivity contribution in [3.63, 3.8) is 0 Å². The Kier molecular flexibility index (Phi) is 6.36. The molecule has 0 saturated heterocycles. The van der Waals surface area contributed by atoms with Gasteiger partial charge in [-0.05, 0) is 12.1 Å². The van der Waals surface area contributed by atoms with E-state index in [1.807, 2.05) is 30.3 Å². The molecular formula is C14H21N3O3. The largest absolute Gasteiger partial charge is 0.493 e. The van der Waals surface area contributed by atoms with Crippen molar-refractivity contribution in [2.24, 2.45) is 16.8 Å². The Labute approximate surface area is 118 Å². The highest BCUT2D eigenvalue weighted by Crippen LogP contribution is 2.09. The molecule has 6 heteroatoms. The smallest absolute Gasteiger partial charge is 0.225 e. The molecule has 0 fully saturated rings. The molecule has 0 aromatic heterocycles. The molecule has 20 heavy (non-hydrogen) atoms. The van der Waals surface area contributed by atoms with E-state index in [4.69, 9.17) is 15.7 Å². The van der Waals surface area contributed by atoms with Gasteiger partial charge >= 0.3 is 0 Å². The van der Waals surface area contributed by atoms with E-state index in [-0.39, 0.29) is 24.1 Å². The fourth-order valence-electron chi connectivity index (χ4n) is 1.67. The summed E-state index contributed by atoms with van der Waals surface area (Å²) in [5, 5.41) is 11.5. The number of nitrogens with two attached hydrogens (primary N) is 1. The van der Waals surface area contributed by atoms with Crippen LogP contribution in [-0.4, -0.2) is 42.0 Å². The standard InChI is InChI=1S/C14H21N3O3/c1-11(14(15)16-19)10-17(2)13(18)8-9-20-12-6-4-3-5-7-12/h3-7,11,19H,8-10H2,1-2H3,(H2,15,16). The van der Waals surface area contributed by atoms with Crippen molar-refractivity contribution < 1.29 is 14.7 Å². The number of nitrogens with zero attached hydrogens (tertiary/aromatic N) is 2. The molecule has 1 aromatic carbocycles. The maximum Gasteiger partial charge on any atom is 0.225 e. The van der Waals surface area contributed by atoms with Gasteiger partial charge in [0.2, 0.25) is 5.91 Å². The van der Waals surface area contributed by atoms with Crippen molar-refractivity contribution in [2.45, 2.75) is 13.3 Å². The van der Waals surface area contributed by atoms with Crippen LogP contribution < -0.4 is 10.5 Å². The van der Waals surface area contributed by atoms with Crippen LogP contribution in [0.2, 0.25) is 0 Å². The molecule has 1 amide bonds. The van der Waals surface area contributed by atoms with Gasteiger partial charge < -0.3 is 20.6 Å². The molecule has 0 saturated carbocycles. The van der Waals surface area contributed by atoms with Crippen LogP contribution in [-0.2, 0) is 4.79 Å². The Morgan fingerprint density at radius 1 is 1.45 bits per heavy atom. The number of amides is 1. The molecule has 3 N–H and O–H groups in total. The van der Waals surface area contributed by atoms with Gasteiger partial charge in [-0.1, -0.05) is 30.3 Å². The van der Waals surface area contributed by atoms with E-state index in [0.717, 1.165) is 5.75 Å². The van der Waals surface area contributed by atoms with E-state index < -0.39 is 0 Å². The summed E-state index contributed by atoms with van der Waals surface area (Å²) >= 11 is 0. The molecule has 0 radical (unpaired) electrons. The first-order valence-electron chi connectivity index (χ1n) is 6.43. The van der Waals surface area contributed by atoms with Crippen molar-refractivity contribution in [3.05, 3.63) is 30.3 Å². The molecule has 0 aliphatic carbocycles. The Morgan fingerprint density at radius 3 is 2.70 bits per heavy atom. The number of benzene rings is 1. The highest BCUT2D eigenvalue weighted by Gasteiger charge is 2.15. The molecule has 0 aliphatic rings. The van der Waals surface area contributed by atoms with Crippen LogP contribution >= 0.6 is 0 Å². The van der Waals surface area contributed by atoms with Gasteiger partial charge in [0.05, 0.1) is 13.0 Å². The number of rotatable bonds is 7. The Morgan fingerprint density at radius 2 is 2.10 bits per heavy atom. The molecule has 0 bridgehead atoms. The first kappa shape index (κ1) is 15.8. The number of para-hydroxylation sites is 1. The number of ether oxygens (including phenoxy) is 1. The van der Waals surface area contributed by atoms with Gasteiger partial charge in [0.1, 0.15) is 11.6 Å². The van der Waals surface area contributed by atoms with Crippen LogP contribution in [0.3, 0.4) is 0 Å². The average Bonchev–Trinajstić information content (AvgIpc) is 2.47. The lowest BCUT2D eigenvalue weighted by atomic mass is 10.1. The van der Waals surface area contributed by atoms with Gasteiger partial charge in [-0.3, -0.25) is 4.79 Å². The molecule has 1 aromatic rings. The summed E-state index contributed by atoms with van der Waals surface area (Å²) < 4.78 is 5.46. The first-order valence-corrected chi connectivity index (χ1v) is 6.43. The van der Waals surface area contributed by atoms with Gasteiger partial charge in [0.15, 0.2) is 0 Å². The van der Waals surface area contributed by atoms with Crippen LogP contribution in [0.5, 0.6) is 5.75 Å². The summed E-state index contributed by atoms with van der Waals surface area (Å²) in [5.74, 6) is 0.626. The molecule has 1 atom stereocenters. The fraction of sp³-hybridized carbons (Fsp3) is 0.429. The fourth-order valence-corrected chi connectivity index (χ4v) is 1.67. The summed E-state index contributed by atoms with van der Waals surface area (Å²) in [6.45, 7) is 2.52. The number of hydrogen-bond donors (Lipinski definition) is 2. The Hall–Kier alpha value is -2.24. The van der Waals surface area contributed by atoms with Crippen LogP contribution in [0.1, 0.15) is 13.3 Å². The summed E-state index contributed by atoms with van der Waals surface area (Å²) in [6, 6.07) is 9.34. The van der Waals surface area contributed by atoms with E-state index in [0.29, 0.717) is 13.2 Å². The second kappa shape index (κ2) is 8.04. The predicted molar refractivity (Wildman–Crippen MR) is 76.8 cm³/mol. The van der Waals surface area contributed by atoms with Crippen LogP contribution in [0.15, 0.2) is 35.5 Å². The maximum absolute atomic E-state index is 11.9. The molecule has 1 unspecified atom stereocenters. The third-order valence-corrected chi connectivity index (χ3v) is 2.92. The van der Waals surface area contributed by atoms with Gasteiger partial charge in [-0.15, -0.1) is 0 Å². The number of amidine groups is 1. The van der Waals surface area contributed by atoms with Crippen molar-refractivity contribution in [1.82, 2.24) is 4.90 Å². The minimum Gasteiger partial charge on any atom is -0.493 e. The van der Waals surface area contributed by atoms with Crippen molar-refractivity contribution in [2.75, 3.05) is 20.2 Å². The third-order valence-electron chi connectivity index (χ3n) is 2.92. The zero-order valence-electron chi connectivity index (χ0n) is 11.8. The highest BCUT2D eigenvalue weighted by atomic mass is 16.5. The molecule has 0 spiro atoms. The molecular weight excluding hydrogens is 258 g/mol. The van der Waals surface area contributed by atoms with Gasteiger partial charge in [0.25, 0.3) is 0 Å². The second-order valence-corrected chi connectivity index (χ2v) is 4.61. The monoisotopic (exact) mass is 279 g/mol. The summed E-state index contributed by atoms with van der Waals surface area (Å²) in [6.07, 6.45) is 0.286. The lowest BCUT2D eigenvalue weighted by Crippen LogP contribution is -2.36. The molecule has 110 valence electrons. The SMILES string of the molecule is CC(CN(C)C(=O)CCOc1ccccc1)C(N)=NO. The third kappa shape index (κ3) is 5.17. The zero-order valence-corrected chi connectivity index (χ0v) is 11.8. The Balaban J connectivity index is 2.32. The van der Waals surface area contributed by atoms with E-state index in [9.17, 15) is 4.79 Å². The summed E-state index contributed by atoms with van der Waals surface area (Å²) in [7, 11) is 1.69. The van der Waals surface area contributed by atoms with Crippen LogP contribution in [0, 0.1) is 5.92 Å². The second-order valence-electron chi connectivity index (χ2n) is 4.61. The van der Waals surface area contributed by atoms with Gasteiger partial charge in [-0.25, -0.2) is 0 Å². The Bertz CT molecular complexity index is 448. The van der Waals surface area contributed by atoms with E-state index >= 15 is 0 Å². The van der Waals surface area contributed by atoms with Gasteiger partial charge in [-0.2, -0.15) is 0 Å². The molecule has 1 rings (SSSR count). The predicted octanol–water partition coefficient (Wildman–Crippen LogP) is 1.30. The number of oxime groups is 1. The molecule has 6 nitrogen and oxygen atoms in total. The molecule has 0 aliphatic heterocycles. The van der Waals surface area contributed by atoms with Crippen LogP contribution in [0.4, 0.5) is 0 Å². The van der Waals surface area contributed by atoms with E-state index in [1.54, 1.807) is 18.9 Å². The average molecular weight is 279 g/mol. The quantitative estimate of drug-likeness (QED) is 0.341. The number of carbonyl (C=O) groups excluding carboxylic acids is 1. The first-order chi connectivity index (χ1) is 9.54. The van der Waals surface area contributed by atoms with Crippen molar-refractivity contribution in [3.8, 4) is 5.75 Å². The molecule has 0 heterocycles. The van der Waals surface area contributed by atoms with E-state index in [2.05, 4.69) is 5.16 Å². The zero-order chi connectivity index (χ0) is 15.0. The van der Waals surface area contributed by atoms with Gasteiger partial charge in [0, 0.05) is 19.5 Å². The minimum absolute atomic E-state index is 0.0430. The van der Waals surface area contributed by atoms with E-state index in [1.165, 1.54) is 0 Å². The summed E-state index contributed by atoms with van der Waals surface area (Å²) in [5.41, 5.74) is 5.48. The number of hydrogen-bond acceptors (Lipinski definition) is 4. The topological polar surface area (TPSA) is 88.2 Å². The minimum atomic E-state index is -0.191. The van der Waals surface area contributed by atoms with Crippen LogP contribution in [0.25, 0.3) is 0 Å². The van der Waals surface area contributed by atoms with Crippen molar-refractivity contribution in [1.29, 1.82) is 0 Å². The lowest BCUT2D eigenvalue weighted by Gasteiger charge is -2.20. The number of carbonyl (C=O) groups is 1.